The van der Waals surface area contributed by atoms with Gasteiger partial charge in [0.15, 0.2) is 0 Å². The van der Waals surface area contributed by atoms with Crippen molar-refractivity contribution in [2.75, 3.05) is 0 Å². The van der Waals surface area contributed by atoms with Crippen molar-refractivity contribution in [2.24, 2.45) is 0 Å². The highest BCUT2D eigenvalue weighted by atomic mass is 35.5. The maximum absolute atomic E-state index is 13.8. The number of rotatable bonds is 5. The van der Waals surface area contributed by atoms with Crippen molar-refractivity contribution >= 4 is 28.5 Å². The topological polar surface area (TPSA) is 46.9 Å². The molecular formula is C18H17ClFN3O. The molecule has 3 aromatic rings. The van der Waals surface area contributed by atoms with Crippen LogP contribution in [0.1, 0.15) is 18.3 Å². The van der Waals surface area contributed by atoms with Gasteiger partial charge in [-0.25, -0.2) is 9.37 Å². The Balaban J connectivity index is 1.73. The summed E-state index contributed by atoms with van der Waals surface area (Å²) in [5.41, 5.74) is 2.13. The Morgan fingerprint density at radius 3 is 2.79 bits per heavy atom. The minimum absolute atomic E-state index is 0.0993. The molecule has 24 heavy (non-hydrogen) atoms. The summed E-state index contributed by atoms with van der Waals surface area (Å²) in [7, 11) is 0. The van der Waals surface area contributed by atoms with Gasteiger partial charge in [0.05, 0.1) is 24.0 Å². The van der Waals surface area contributed by atoms with Crippen molar-refractivity contribution in [3.63, 3.8) is 0 Å². The fourth-order valence-corrected chi connectivity index (χ4v) is 2.94. The van der Waals surface area contributed by atoms with E-state index in [0.29, 0.717) is 0 Å². The SMILES string of the molecule is CCn1c(CNC(=O)Cc2c(F)cccc2Cl)nc2ccccc21. The number of hydrogen-bond donors (Lipinski definition) is 1. The lowest BCUT2D eigenvalue weighted by Crippen LogP contribution is -2.26. The highest BCUT2D eigenvalue weighted by Gasteiger charge is 2.14. The van der Waals surface area contributed by atoms with Crippen LogP contribution in [0.3, 0.4) is 0 Å². The van der Waals surface area contributed by atoms with Gasteiger partial charge in [0.2, 0.25) is 5.91 Å². The van der Waals surface area contributed by atoms with Gasteiger partial charge in [-0.05, 0) is 31.2 Å². The zero-order valence-electron chi connectivity index (χ0n) is 13.2. The molecule has 6 heteroatoms. The van der Waals surface area contributed by atoms with Crippen LogP contribution >= 0.6 is 11.6 Å². The maximum Gasteiger partial charge on any atom is 0.224 e. The molecule has 0 aliphatic rings. The summed E-state index contributed by atoms with van der Waals surface area (Å²) >= 11 is 5.96. The number of imidazole rings is 1. The molecule has 1 N–H and O–H groups in total. The quantitative estimate of drug-likeness (QED) is 0.766. The molecule has 1 amide bonds. The standard InChI is InChI=1S/C18H17ClFN3O/c1-2-23-16-9-4-3-8-15(16)22-17(23)11-21-18(24)10-12-13(19)6-5-7-14(12)20/h3-9H,2,10-11H2,1H3,(H,21,24). The number of aryl methyl sites for hydroxylation is 1. The van der Waals surface area contributed by atoms with Crippen LogP contribution in [-0.4, -0.2) is 15.5 Å². The minimum atomic E-state index is -0.474. The van der Waals surface area contributed by atoms with E-state index in [0.717, 1.165) is 23.4 Å². The van der Waals surface area contributed by atoms with E-state index in [1.807, 2.05) is 35.8 Å². The van der Waals surface area contributed by atoms with E-state index in [9.17, 15) is 9.18 Å². The number of halogens is 2. The van der Waals surface area contributed by atoms with Crippen molar-refractivity contribution in [1.29, 1.82) is 0 Å². The van der Waals surface area contributed by atoms with Crippen LogP contribution in [0.5, 0.6) is 0 Å². The van der Waals surface area contributed by atoms with Gasteiger partial charge in [0.1, 0.15) is 11.6 Å². The van der Waals surface area contributed by atoms with Crippen LogP contribution in [0, 0.1) is 5.82 Å². The third-order valence-electron chi connectivity index (χ3n) is 3.89. The van der Waals surface area contributed by atoms with Gasteiger partial charge in [-0.1, -0.05) is 29.8 Å². The highest BCUT2D eigenvalue weighted by molar-refractivity contribution is 6.31. The first-order valence-electron chi connectivity index (χ1n) is 7.74. The normalized spacial score (nSPS) is 11.0. The summed E-state index contributed by atoms with van der Waals surface area (Å²) in [5, 5.41) is 3.05. The first kappa shape index (κ1) is 16.5. The zero-order chi connectivity index (χ0) is 17.1. The van der Waals surface area contributed by atoms with Gasteiger partial charge in [-0.2, -0.15) is 0 Å². The van der Waals surface area contributed by atoms with Crippen molar-refractivity contribution in [3.8, 4) is 0 Å². The van der Waals surface area contributed by atoms with Crippen LogP contribution in [0.4, 0.5) is 4.39 Å². The van der Waals surface area contributed by atoms with Crippen molar-refractivity contribution in [2.45, 2.75) is 26.4 Å². The van der Waals surface area contributed by atoms with Crippen LogP contribution in [0.2, 0.25) is 5.02 Å². The lowest BCUT2D eigenvalue weighted by Gasteiger charge is -2.09. The van der Waals surface area contributed by atoms with Crippen molar-refractivity contribution in [3.05, 3.63) is 64.7 Å². The molecule has 3 rings (SSSR count). The molecule has 0 fully saturated rings. The lowest BCUT2D eigenvalue weighted by molar-refractivity contribution is -0.120. The lowest BCUT2D eigenvalue weighted by atomic mass is 10.1. The first-order chi connectivity index (χ1) is 11.6. The molecular weight excluding hydrogens is 329 g/mol. The predicted molar refractivity (Wildman–Crippen MR) is 92.4 cm³/mol. The number of nitrogens with zero attached hydrogens (tertiary/aromatic N) is 2. The number of hydrogen-bond acceptors (Lipinski definition) is 2. The number of fused-ring (bicyclic) bond motifs is 1. The molecule has 0 spiro atoms. The Morgan fingerprint density at radius 2 is 2.04 bits per heavy atom. The minimum Gasteiger partial charge on any atom is -0.349 e. The molecule has 0 bridgehead atoms. The average Bonchev–Trinajstić information content (AvgIpc) is 2.94. The molecule has 124 valence electrons. The summed E-state index contributed by atoms with van der Waals surface area (Å²) < 4.78 is 15.8. The molecule has 1 heterocycles. The number of para-hydroxylation sites is 2. The van der Waals surface area contributed by atoms with E-state index in [2.05, 4.69) is 10.3 Å². The van der Waals surface area contributed by atoms with E-state index in [4.69, 9.17) is 11.6 Å². The fourth-order valence-electron chi connectivity index (χ4n) is 2.72. The second-order valence-corrected chi connectivity index (χ2v) is 5.82. The maximum atomic E-state index is 13.8. The Bertz CT molecular complexity index is 871. The number of carbonyl (C=O) groups excluding carboxylic acids is 1. The molecule has 0 aliphatic heterocycles. The summed E-state index contributed by atoms with van der Waals surface area (Å²) in [6.45, 7) is 3.07. The van der Waals surface area contributed by atoms with E-state index in [-0.39, 0.29) is 29.5 Å². The van der Waals surface area contributed by atoms with Crippen LogP contribution in [0.15, 0.2) is 42.5 Å². The van der Waals surface area contributed by atoms with Crippen LogP contribution in [-0.2, 0) is 24.3 Å². The van der Waals surface area contributed by atoms with E-state index in [1.165, 1.54) is 12.1 Å². The third kappa shape index (κ3) is 3.26. The van der Waals surface area contributed by atoms with Crippen LogP contribution < -0.4 is 5.32 Å². The van der Waals surface area contributed by atoms with E-state index >= 15 is 0 Å². The fraction of sp³-hybridized carbons (Fsp3) is 0.222. The average molecular weight is 346 g/mol. The number of carbonyl (C=O) groups is 1. The van der Waals surface area contributed by atoms with Crippen LogP contribution in [0.25, 0.3) is 11.0 Å². The Hall–Kier alpha value is -2.40. The Labute approximate surface area is 144 Å². The molecule has 4 nitrogen and oxygen atoms in total. The second-order valence-electron chi connectivity index (χ2n) is 5.41. The molecule has 0 unspecified atom stereocenters. The third-order valence-corrected chi connectivity index (χ3v) is 4.25. The van der Waals surface area contributed by atoms with Crippen molar-refractivity contribution in [1.82, 2.24) is 14.9 Å². The zero-order valence-corrected chi connectivity index (χ0v) is 14.0. The Kier molecular flexibility index (Phi) is 4.81. The summed E-state index contributed by atoms with van der Waals surface area (Å²) in [5.74, 6) is 0.00170. The van der Waals surface area contributed by atoms with E-state index in [1.54, 1.807) is 6.07 Å². The number of nitrogens with one attached hydrogen (secondary N) is 1. The first-order valence-corrected chi connectivity index (χ1v) is 8.11. The largest absolute Gasteiger partial charge is 0.349 e. The van der Waals surface area contributed by atoms with Gasteiger partial charge in [0.25, 0.3) is 0 Å². The molecule has 0 aliphatic carbocycles. The summed E-state index contributed by atoms with van der Waals surface area (Å²) in [4.78, 5) is 16.7. The summed E-state index contributed by atoms with van der Waals surface area (Å²) in [6, 6.07) is 12.2. The van der Waals surface area contributed by atoms with Gasteiger partial charge in [0, 0.05) is 17.1 Å². The number of benzene rings is 2. The monoisotopic (exact) mass is 345 g/mol. The Morgan fingerprint density at radius 1 is 1.25 bits per heavy atom. The smallest absolute Gasteiger partial charge is 0.224 e. The van der Waals surface area contributed by atoms with Gasteiger partial charge in [-0.15, -0.1) is 0 Å². The summed E-state index contributed by atoms with van der Waals surface area (Å²) in [6.07, 6.45) is -0.0993. The second kappa shape index (κ2) is 7.01. The molecule has 0 atom stereocenters. The van der Waals surface area contributed by atoms with Crippen molar-refractivity contribution < 1.29 is 9.18 Å². The van der Waals surface area contributed by atoms with Gasteiger partial charge in [-0.3, -0.25) is 4.79 Å². The molecule has 0 saturated carbocycles. The molecule has 0 saturated heterocycles. The highest BCUT2D eigenvalue weighted by Crippen LogP contribution is 2.19. The van der Waals surface area contributed by atoms with E-state index < -0.39 is 5.82 Å². The number of aromatic nitrogens is 2. The molecule has 0 radical (unpaired) electrons. The van der Waals surface area contributed by atoms with Gasteiger partial charge >= 0.3 is 0 Å². The predicted octanol–water partition coefficient (Wildman–Crippen LogP) is 3.71. The molecule has 1 aromatic heterocycles. The molecule has 2 aromatic carbocycles. The van der Waals surface area contributed by atoms with Gasteiger partial charge < -0.3 is 9.88 Å². The number of amides is 1.